The first kappa shape index (κ1) is 22.0. The lowest BCUT2D eigenvalue weighted by molar-refractivity contribution is -0.286. The van der Waals surface area contributed by atoms with Gasteiger partial charge in [0.05, 0.1) is 11.0 Å². The molecule has 34 heavy (non-hydrogen) atoms. The van der Waals surface area contributed by atoms with Crippen LogP contribution >= 0.6 is 0 Å². The van der Waals surface area contributed by atoms with Crippen molar-refractivity contribution in [3.8, 4) is 22.6 Å². The summed E-state index contributed by atoms with van der Waals surface area (Å²) in [6, 6.07) is 13.8. The van der Waals surface area contributed by atoms with Crippen molar-refractivity contribution in [2.75, 3.05) is 0 Å². The van der Waals surface area contributed by atoms with Gasteiger partial charge in [-0.3, -0.25) is 4.79 Å². The van der Waals surface area contributed by atoms with E-state index in [9.17, 15) is 27.9 Å². The highest BCUT2D eigenvalue weighted by molar-refractivity contribution is 5.95. The molecule has 0 aromatic heterocycles. The molecule has 2 aliphatic rings. The van der Waals surface area contributed by atoms with Gasteiger partial charge in [0.1, 0.15) is 11.6 Å². The highest BCUT2D eigenvalue weighted by atomic mass is 19.3. The fourth-order valence-corrected chi connectivity index (χ4v) is 4.40. The van der Waals surface area contributed by atoms with Crippen LogP contribution in [0.3, 0.4) is 0 Å². The zero-order valence-corrected chi connectivity index (χ0v) is 18.0. The number of carbonyl (C=O) groups is 2. The lowest BCUT2D eigenvalue weighted by Gasteiger charge is -2.16. The van der Waals surface area contributed by atoms with Crippen molar-refractivity contribution >= 4 is 11.8 Å². The molecule has 0 amide bonds. The molecule has 1 N–H and O–H groups in total. The maximum absolute atomic E-state index is 13.8. The zero-order valence-electron chi connectivity index (χ0n) is 18.0. The minimum atomic E-state index is -3.72. The van der Waals surface area contributed by atoms with Crippen LogP contribution in [0.1, 0.15) is 39.9 Å². The number of carboxylic acids is 1. The molecule has 1 saturated carbocycles. The zero-order chi connectivity index (χ0) is 24.3. The maximum atomic E-state index is 13.8. The molecule has 3 aromatic carbocycles. The van der Waals surface area contributed by atoms with Gasteiger partial charge in [-0.15, -0.1) is 8.78 Å². The summed E-state index contributed by atoms with van der Waals surface area (Å²) in [5.41, 5.74) is 2.19. The van der Waals surface area contributed by atoms with Crippen molar-refractivity contribution in [2.24, 2.45) is 0 Å². The normalized spacial score (nSPS) is 16.8. The number of aromatic carboxylic acids is 1. The van der Waals surface area contributed by atoms with Crippen molar-refractivity contribution in [1.29, 1.82) is 0 Å². The van der Waals surface area contributed by atoms with Crippen molar-refractivity contribution in [3.63, 3.8) is 0 Å². The predicted molar refractivity (Wildman–Crippen MR) is 116 cm³/mol. The smallest absolute Gasteiger partial charge is 0.478 e. The van der Waals surface area contributed by atoms with E-state index in [1.165, 1.54) is 24.3 Å². The fourth-order valence-electron chi connectivity index (χ4n) is 4.40. The second-order valence-electron chi connectivity index (χ2n) is 8.66. The monoisotopic (exact) mass is 468 g/mol. The van der Waals surface area contributed by atoms with Gasteiger partial charge in [-0.05, 0) is 71.8 Å². The van der Waals surface area contributed by atoms with Crippen molar-refractivity contribution < 1.29 is 37.3 Å². The Morgan fingerprint density at radius 1 is 0.971 bits per heavy atom. The van der Waals surface area contributed by atoms with Gasteiger partial charge in [0.25, 0.3) is 0 Å². The molecule has 3 aromatic rings. The topological polar surface area (TPSA) is 72.8 Å². The van der Waals surface area contributed by atoms with Crippen molar-refractivity contribution in [1.82, 2.24) is 0 Å². The van der Waals surface area contributed by atoms with Crippen LogP contribution in [-0.2, 0) is 16.6 Å². The molecular weight excluding hydrogens is 449 g/mol. The third-order valence-electron chi connectivity index (χ3n) is 6.41. The molecule has 0 bridgehead atoms. The number of alkyl halides is 2. The largest absolute Gasteiger partial charge is 0.586 e. The number of hydrogen-bond donors (Lipinski definition) is 1. The lowest BCUT2D eigenvalue weighted by atomic mass is 9.86. The first-order valence-corrected chi connectivity index (χ1v) is 10.6. The maximum Gasteiger partial charge on any atom is 0.586 e. The molecule has 0 spiro atoms. The third kappa shape index (κ3) is 3.79. The van der Waals surface area contributed by atoms with E-state index in [0.717, 1.165) is 11.6 Å². The van der Waals surface area contributed by atoms with Gasteiger partial charge < -0.3 is 14.6 Å². The Kier molecular flexibility index (Phi) is 4.93. The molecule has 5 rings (SSSR count). The minimum Gasteiger partial charge on any atom is -0.478 e. The van der Waals surface area contributed by atoms with E-state index in [2.05, 4.69) is 9.47 Å². The Morgan fingerprint density at radius 2 is 1.71 bits per heavy atom. The van der Waals surface area contributed by atoms with Crippen LogP contribution in [0.15, 0.2) is 54.6 Å². The van der Waals surface area contributed by atoms with E-state index in [1.807, 2.05) is 19.1 Å². The van der Waals surface area contributed by atoms with Crippen LogP contribution < -0.4 is 9.47 Å². The highest BCUT2D eigenvalue weighted by Crippen LogP contribution is 2.52. The summed E-state index contributed by atoms with van der Waals surface area (Å²) >= 11 is 0. The lowest BCUT2D eigenvalue weighted by Crippen LogP contribution is -2.26. The number of benzene rings is 3. The minimum absolute atomic E-state index is 0.0572. The van der Waals surface area contributed by atoms with Crippen molar-refractivity contribution in [3.05, 3.63) is 82.7 Å². The molecule has 0 radical (unpaired) electrons. The molecule has 1 heterocycles. The molecule has 8 heteroatoms. The Hall–Kier alpha value is -3.81. The summed E-state index contributed by atoms with van der Waals surface area (Å²) in [6.45, 7) is 1.84. The number of hydrogen-bond acceptors (Lipinski definition) is 4. The quantitative estimate of drug-likeness (QED) is 0.505. The van der Waals surface area contributed by atoms with E-state index in [1.54, 1.807) is 12.1 Å². The molecule has 0 unspecified atom stereocenters. The van der Waals surface area contributed by atoms with Crippen molar-refractivity contribution in [2.45, 2.75) is 37.9 Å². The van der Waals surface area contributed by atoms with Crippen LogP contribution in [-0.4, -0.2) is 23.2 Å². The Balaban J connectivity index is 1.41. The van der Waals surface area contributed by atoms with E-state index in [0.29, 0.717) is 35.1 Å². The molecule has 0 atom stereocenters. The van der Waals surface area contributed by atoms with Gasteiger partial charge in [-0.1, -0.05) is 30.3 Å². The molecule has 174 valence electrons. The van der Waals surface area contributed by atoms with E-state index >= 15 is 0 Å². The number of ether oxygens (including phenoxy) is 2. The van der Waals surface area contributed by atoms with Gasteiger partial charge in [-0.2, -0.15) is 0 Å². The first-order valence-electron chi connectivity index (χ1n) is 10.6. The average molecular weight is 468 g/mol. The average Bonchev–Trinajstić information content (AvgIpc) is 3.52. The number of Topliss-reactive ketones (excluding diaryl/α,β-unsaturated/α-hetero) is 1. The van der Waals surface area contributed by atoms with E-state index in [4.69, 9.17) is 0 Å². The Morgan fingerprint density at radius 3 is 2.41 bits per heavy atom. The third-order valence-corrected chi connectivity index (χ3v) is 6.41. The van der Waals surface area contributed by atoms with Crippen LogP contribution in [0.4, 0.5) is 13.2 Å². The number of ketones is 1. The van der Waals surface area contributed by atoms with Crippen LogP contribution in [0.2, 0.25) is 0 Å². The molecule has 0 saturated heterocycles. The summed E-state index contributed by atoms with van der Waals surface area (Å²) in [7, 11) is 0. The molecule has 1 aliphatic heterocycles. The van der Waals surface area contributed by atoms with E-state index < -0.39 is 29.1 Å². The predicted octanol–water partition coefficient (Wildman–Crippen LogP) is 5.66. The highest BCUT2D eigenvalue weighted by Gasteiger charge is 2.52. The molecular formula is C26H19F3O5. The van der Waals surface area contributed by atoms with Crippen LogP contribution in [0.5, 0.6) is 11.5 Å². The summed E-state index contributed by atoms with van der Waals surface area (Å²) in [5.74, 6) is -2.40. The van der Waals surface area contributed by atoms with Gasteiger partial charge in [0.15, 0.2) is 11.5 Å². The standard InChI is InChI=1S/C26H19F3O5/c1-14-2-3-15(10-18(14)16-4-6-20(27)19(12-16)24(31)32)11-23(30)25(8-9-25)17-5-7-21-22(13-17)34-26(28,29)33-21/h2-7,10,12-13H,8-9,11H2,1H3,(H,31,32). The number of fused-ring (bicyclic) bond motifs is 1. The summed E-state index contributed by atoms with van der Waals surface area (Å²) in [5, 5.41) is 9.23. The van der Waals surface area contributed by atoms with E-state index in [-0.39, 0.29) is 23.7 Å². The van der Waals surface area contributed by atoms with Gasteiger partial charge in [0.2, 0.25) is 0 Å². The van der Waals surface area contributed by atoms with Gasteiger partial charge in [0, 0.05) is 6.42 Å². The number of carboxylic acid groups (broad SMARTS) is 1. The number of halogens is 3. The number of aryl methyl sites for hydroxylation is 1. The summed E-state index contributed by atoms with van der Waals surface area (Å²) in [6.07, 6.45) is -2.42. The SMILES string of the molecule is Cc1ccc(CC(=O)C2(c3ccc4c(c3)OC(F)(F)O4)CC2)cc1-c1ccc(F)c(C(=O)O)c1. The van der Waals surface area contributed by atoms with Crippen LogP contribution in [0.25, 0.3) is 11.1 Å². The molecule has 1 aliphatic carbocycles. The first-order chi connectivity index (χ1) is 16.1. The van der Waals surface area contributed by atoms with Gasteiger partial charge in [-0.25, -0.2) is 9.18 Å². The molecule has 5 nitrogen and oxygen atoms in total. The van der Waals surface area contributed by atoms with Gasteiger partial charge >= 0.3 is 12.3 Å². The second-order valence-corrected chi connectivity index (χ2v) is 8.66. The number of rotatable bonds is 6. The number of carbonyl (C=O) groups excluding carboxylic acids is 1. The Labute approximate surface area is 192 Å². The van der Waals surface area contributed by atoms with Crippen LogP contribution in [0, 0.1) is 12.7 Å². The molecule has 1 fully saturated rings. The fraction of sp³-hybridized carbons (Fsp3) is 0.231. The summed E-state index contributed by atoms with van der Waals surface area (Å²) in [4.78, 5) is 24.6. The second kappa shape index (κ2) is 7.62. The Bertz CT molecular complexity index is 1340. The summed E-state index contributed by atoms with van der Waals surface area (Å²) < 4.78 is 49.5.